The Labute approximate surface area is 167 Å². The summed E-state index contributed by atoms with van der Waals surface area (Å²) in [6, 6.07) is 0. The van der Waals surface area contributed by atoms with Gasteiger partial charge in [-0.1, -0.05) is 46.0 Å². The van der Waals surface area contributed by atoms with Gasteiger partial charge in [0.15, 0.2) is 6.10 Å². The van der Waals surface area contributed by atoms with Crippen LogP contribution in [0.15, 0.2) is 0 Å². The monoisotopic (exact) mass is 399 g/mol. The van der Waals surface area contributed by atoms with E-state index in [1.165, 1.54) is 6.42 Å². The van der Waals surface area contributed by atoms with Crippen LogP contribution in [0.25, 0.3) is 0 Å². The molecule has 1 aliphatic heterocycles. The molecule has 0 aromatic carbocycles. The Bertz CT molecular complexity index is 528. The molecule has 1 saturated heterocycles. The molecular formula is C20H37N3O5. The highest BCUT2D eigenvalue weighted by molar-refractivity contribution is 5.84. The molecule has 1 heterocycles. The second-order valence-electron chi connectivity index (χ2n) is 8.30. The lowest BCUT2D eigenvalue weighted by Gasteiger charge is -2.32. The number of aliphatic hydroxyl groups is 1. The van der Waals surface area contributed by atoms with Crippen LogP contribution in [0.3, 0.4) is 0 Å². The summed E-state index contributed by atoms with van der Waals surface area (Å²) in [5, 5.41) is 15.3. The summed E-state index contributed by atoms with van der Waals surface area (Å²) in [6.07, 6.45) is 4.81. The van der Waals surface area contributed by atoms with Gasteiger partial charge >= 0.3 is 6.09 Å². The van der Waals surface area contributed by atoms with Crippen molar-refractivity contribution in [2.24, 2.45) is 17.6 Å². The second-order valence-corrected chi connectivity index (χ2v) is 8.30. The molecule has 0 aromatic heterocycles. The van der Waals surface area contributed by atoms with Gasteiger partial charge in [-0.05, 0) is 32.1 Å². The molecule has 1 fully saturated rings. The van der Waals surface area contributed by atoms with Crippen molar-refractivity contribution in [1.29, 1.82) is 0 Å². The predicted octanol–water partition coefficient (Wildman–Crippen LogP) is 1.84. The van der Waals surface area contributed by atoms with Gasteiger partial charge < -0.3 is 26.2 Å². The van der Waals surface area contributed by atoms with Gasteiger partial charge in [-0.25, -0.2) is 4.79 Å². The smallest absolute Gasteiger partial charge is 0.405 e. The Morgan fingerprint density at radius 2 is 2.11 bits per heavy atom. The Balaban J connectivity index is 2.67. The largest absolute Gasteiger partial charge is 0.436 e. The molecule has 0 aliphatic carbocycles. The van der Waals surface area contributed by atoms with Gasteiger partial charge in [0.1, 0.15) is 0 Å². The van der Waals surface area contributed by atoms with Crippen molar-refractivity contribution < 1.29 is 24.2 Å². The number of ether oxygens (including phenoxy) is 1. The summed E-state index contributed by atoms with van der Waals surface area (Å²) in [4.78, 5) is 35.9. The van der Waals surface area contributed by atoms with E-state index in [0.29, 0.717) is 25.8 Å². The standard InChI is InChI=1S/C20H37N3O5/c1-4-5-6-7-8-14(2)11-16(28-19(21)27)18(26)23-20(3,13-24)12-15-9-10-22-17(15)25/h14-16,24H,4-13H2,1-3H3,(H2,21,27)(H,22,25)(H,23,26)/t14?,15?,16-,20?/m0/s1. The quantitative estimate of drug-likeness (QED) is 0.351. The maximum atomic E-state index is 12.8. The highest BCUT2D eigenvalue weighted by atomic mass is 16.6. The average Bonchev–Trinajstić information content (AvgIpc) is 3.02. The van der Waals surface area contributed by atoms with Crippen LogP contribution in [-0.2, 0) is 14.3 Å². The molecule has 8 heteroatoms. The molecule has 0 bridgehead atoms. The minimum atomic E-state index is -1.01. The number of nitrogens with one attached hydrogen (secondary N) is 2. The number of hydrogen-bond donors (Lipinski definition) is 4. The molecule has 5 N–H and O–H groups in total. The molecule has 0 saturated carbocycles. The van der Waals surface area contributed by atoms with Crippen molar-refractivity contribution in [3.8, 4) is 0 Å². The SMILES string of the molecule is CCCCCCC(C)C[C@H](OC(N)=O)C(=O)NC(C)(CO)CC1CCNC1=O. The van der Waals surface area contributed by atoms with E-state index >= 15 is 0 Å². The van der Waals surface area contributed by atoms with Crippen molar-refractivity contribution in [3.05, 3.63) is 0 Å². The molecule has 28 heavy (non-hydrogen) atoms. The van der Waals surface area contributed by atoms with Crippen molar-refractivity contribution >= 4 is 17.9 Å². The van der Waals surface area contributed by atoms with E-state index < -0.39 is 23.6 Å². The zero-order valence-corrected chi connectivity index (χ0v) is 17.5. The van der Waals surface area contributed by atoms with Gasteiger partial charge in [-0.3, -0.25) is 9.59 Å². The van der Waals surface area contributed by atoms with Gasteiger partial charge in [-0.15, -0.1) is 0 Å². The fraction of sp³-hybridized carbons (Fsp3) is 0.850. The van der Waals surface area contributed by atoms with Crippen molar-refractivity contribution in [3.63, 3.8) is 0 Å². The number of nitrogens with two attached hydrogens (primary N) is 1. The molecule has 0 spiro atoms. The first kappa shape index (κ1) is 24.2. The number of aliphatic hydroxyl groups excluding tert-OH is 1. The number of primary amides is 1. The molecule has 0 aromatic rings. The Morgan fingerprint density at radius 1 is 1.39 bits per heavy atom. The van der Waals surface area contributed by atoms with Crippen LogP contribution in [0, 0.1) is 11.8 Å². The van der Waals surface area contributed by atoms with Gasteiger partial charge in [0.25, 0.3) is 5.91 Å². The molecular weight excluding hydrogens is 362 g/mol. The Morgan fingerprint density at radius 3 is 2.64 bits per heavy atom. The number of amides is 3. The topological polar surface area (TPSA) is 131 Å². The first-order chi connectivity index (χ1) is 13.2. The first-order valence-electron chi connectivity index (χ1n) is 10.4. The summed E-state index contributed by atoms with van der Waals surface area (Å²) >= 11 is 0. The number of unbranched alkanes of at least 4 members (excludes halogenated alkanes) is 3. The lowest BCUT2D eigenvalue weighted by Crippen LogP contribution is -2.54. The van der Waals surface area contributed by atoms with Crippen molar-refractivity contribution in [2.75, 3.05) is 13.2 Å². The lowest BCUT2D eigenvalue weighted by molar-refractivity contribution is -0.133. The van der Waals surface area contributed by atoms with Crippen LogP contribution in [0.2, 0.25) is 0 Å². The second kappa shape index (κ2) is 11.9. The third-order valence-corrected chi connectivity index (χ3v) is 5.35. The van der Waals surface area contributed by atoms with Crippen LogP contribution >= 0.6 is 0 Å². The summed E-state index contributed by atoms with van der Waals surface area (Å²) in [6.45, 7) is 6.13. The van der Waals surface area contributed by atoms with E-state index in [9.17, 15) is 19.5 Å². The molecule has 8 nitrogen and oxygen atoms in total. The van der Waals surface area contributed by atoms with E-state index in [1.54, 1.807) is 6.92 Å². The van der Waals surface area contributed by atoms with E-state index in [1.807, 2.05) is 6.92 Å². The number of hydrogen-bond acceptors (Lipinski definition) is 5. The highest BCUT2D eigenvalue weighted by Gasteiger charge is 2.37. The molecule has 3 unspecified atom stereocenters. The summed E-state index contributed by atoms with van der Waals surface area (Å²) < 4.78 is 5.06. The third-order valence-electron chi connectivity index (χ3n) is 5.35. The van der Waals surface area contributed by atoms with Crippen molar-refractivity contribution in [2.45, 2.75) is 83.8 Å². The van der Waals surface area contributed by atoms with Gasteiger partial charge in [-0.2, -0.15) is 0 Å². The van der Waals surface area contributed by atoms with Crippen LogP contribution in [0.5, 0.6) is 0 Å². The lowest BCUT2D eigenvalue weighted by atomic mass is 9.88. The van der Waals surface area contributed by atoms with Crippen LogP contribution in [-0.4, -0.2) is 47.8 Å². The molecule has 4 atom stereocenters. The minimum Gasteiger partial charge on any atom is -0.436 e. The van der Waals surface area contributed by atoms with Crippen LogP contribution in [0.4, 0.5) is 4.79 Å². The third kappa shape index (κ3) is 8.46. The Hall–Kier alpha value is -1.83. The van der Waals surface area contributed by atoms with E-state index in [-0.39, 0.29) is 24.3 Å². The maximum absolute atomic E-state index is 12.8. The average molecular weight is 400 g/mol. The minimum absolute atomic E-state index is 0.0699. The van der Waals surface area contributed by atoms with Crippen molar-refractivity contribution in [1.82, 2.24) is 10.6 Å². The van der Waals surface area contributed by atoms with Crippen LogP contribution < -0.4 is 16.4 Å². The van der Waals surface area contributed by atoms with E-state index in [4.69, 9.17) is 10.5 Å². The summed E-state index contributed by atoms with van der Waals surface area (Å²) in [5.41, 5.74) is 4.17. The molecule has 1 rings (SSSR count). The van der Waals surface area contributed by atoms with Gasteiger partial charge in [0.05, 0.1) is 12.1 Å². The predicted molar refractivity (Wildman–Crippen MR) is 106 cm³/mol. The molecule has 1 aliphatic rings. The Kier molecular flexibility index (Phi) is 10.3. The zero-order chi connectivity index (χ0) is 21.2. The molecule has 0 radical (unpaired) electrons. The molecule has 3 amide bonds. The number of rotatable bonds is 13. The summed E-state index contributed by atoms with van der Waals surface area (Å²) in [5.74, 6) is -0.632. The normalized spacial score (nSPS) is 20.7. The van der Waals surface area contributed by atoms with E-state index in [0.717, 1.165) is 25.7 Å². The number of carbonyl (C=O) groups excluding carboxylic acids is 3. The maximum Gasteiger partial charge on any atom is 0.405 e. The van der Waals surface area contributed by atoms with Gasteiger partial charge in [0, 0.05) is 12.5 Å². The fourth-order valence-electron chi connectivity index (χ4n) is 3.67. The number of carbonyl (C=O) groups is 3. The zero-order valence-electron chi connectivity index (χ0n) is 17.5. The molecule has 162 valence electrons. The van der Waals surface area contributed by atoms with Gasteiger partial charge in [0.2, 0.25) is 5.91 Å². The first-order valence-corrected chi connectivity index (χ1v) is 10.4. The fourth-order valence-corrected chi connectivity index (χ4v) is 3.67. The van der Waals surface area contributed by atoms with E-state index in [2.05, 4.69) is 17.6 Å². The summed E-state index contributed by atoms with van der Waals surface area (Å²) in [7, 11) is 0. The highest BCUT2D eigenvalue weighted by Crippen LogP contribution is 2.24. The van der Waals surface area contributed by atoms with Crippen LogP contribution in [0.1, 0.15) is 72.1 Å².